The fourth-order valence-electron chi connectivity index (χ4n) is 1.74. The van der Waals surface area contributed by atoms with E-state index in [1.165, 1.54) is 6.21 Å². The summed E-state index contributed by atoms with van der Waals surface area (Å²) in [4.78, 5) is 2.38. The molecule has 0 atom stereocenters. The molecule has 1 N–H and O–H groups in total. The molecule has 0 amide bonds. The van der Waals surface area contributed by atoms with Crippen LogP contribution in [0.15, 0.2) is 34.3 Å². The third kappa shape index (κ3) is 7.37. The first kappa shape index (κ1) is 21.2. The first-order valence-electron chi connectivity index (χ1n) is 7.08. The van der Waals surface area contributed by atoms with Crippen molar-refractivity contribution in [1.82, 2.24) is 4.83 Å². The molecule has 0 bridgehead atoms. The van der Waals surface area contributed by atoms with E-state index in [9.17, 15) is 8.42 Å². The van der Waals surface area contributed by atoms with Gasteiger partial charge in [-0.2, -0.15) is 13.5 Å². The molecule has 2 aliphatic rings. The Labute approximate surface area is 157 Å². The van der Waals surface area contributed by atoms with E-state index < -0.39 is 10.0 Å². The van der Waals surface area contributed by atoms with E-state index >= 15 is 0 Å². The van der Waals surface area contributed by atoms with E-state index in [4.69, 9.17) is 0 Å². The third-order valence-corrected chi connectivity index (χ3v) is 4.20. The number of nitrogens with one attached hydrogen (secondary N) is 1. The quantitative estimate of drug-likeness (QED) is 0.495. The Morgan fingerprint density at radius 1 is 0.875 bits per heavy atom. The number of benzene rings is 1. The number of hydrazone groups is 1. The molecule has 1 aromatic rings. The standard InChI is InChI=1S/C13H13N2O2S.C5H5.Fe/c1-11-6-8-13(9-7-11)18(16,17)15-14-10-12-4-2-3-5-12;1-2-4-5-3-1;/h2-10,15H,1H3;1-5H;/b14-10+;;. The summed E-state index contributed by atoms with van der Waals surface area (Å²) in [6, 6.07) is 6.59. The zero-order chi connectivity index (χ0) is 16.5. The zero-order valence-corrected chi connectivity index (χ0v) is 15.0. The number of hydrogen-bond acceptors (Lipinski definition) is 3. The summed E-state index contributed by atoms with van der Waals surface area (Å²) in [6.07, 6.45) is 18.9. The maximum Gasteiger partial charge on any atom is 0.276 e. The summed E-state index contributed by atoms with van der Waals surface area (Å²) in [5.74, 6) is 0.849. The van der Waals surface area contributed by atoms with E-state index in [0.717, 1.165) is 11.5 Å². The molecule has 3 rings (SSSR count). The molecule has 2 aliphatic carbocycles. The van der Waals surface area contributed by atoms with Crippen LogP contribution >= 0.6 is 0 Å². The molecule has 2 saturated carbocycles. The van der Waals surface area contributed by atoms with Gasteiger partial charge >= 0.3 is 0 Å². The molecular weight excluding hydrogens is 364 g/mol. The Kier molecular flexibility index (Phi) is 9.64. The molecule has 2 fully saturated rings. The van der Waals surface area contributed by atoms with Gasteiger partial charge in [-0.15, -0.1) is 0 Å². The van der Waals surface area contributed by atoms with Crippen LogP contribution in [0, 0.1) is 70.6 Å². The Morgan fingerprint density at radius 3 is 1.88 bits per heavy atom. The molecule has 0 unspecified atom stereocenters. The SMILES string of the molecule is Cc1ccc(S(=O)(=O)N/N=C/[C]2[CH][CH][CH][CH]2)cc1.[CH]1[CH][CH][CH][CH]1.[Fe]. The molecule has 1 aromatic carbocycles. The fraction of sp³-hybridized carbons (Fsp3) is 0.0556. The monoisotopic (exact) mass is 382 g/mol. The van der Waals surface area contributed by atoms with Crippen molar-refractivity contribution in [3.8, 4) is 0 Å². The van der Waals surface area contributed by atoms with Crippen LogP contribution in [-0.4, -0.2) is 14.6 Å². The van der Waals surface area contributed by atoms with Crippen LogP contribution in [0.5, 0.6) is 0 Å². The van der Waals surface area contributed by atoms with Gasteiger partial charge in [-0.25, -0.2) is 4.83 Å². The minimum Gasteiger partial charge on any atom is -0.200 e. The topological polar surface area (TPSA) is 58.5 Å². The van der Waals surface area contributed by atoms with Gasteiger partial charge in [0.25, 0.3) is 10.0 Å². The maximum atomic E-state index is 11.8. The molecule has 0 spiro atoms. The second-order valence-electron chi connectivity index (χ2n) is 4.85. The summed E-state index contributed by atoms with van der Waals surface area (Å²) in [5.41, 5.74) is 1.01. The summed E-state index contributed by atoms with van der Waals surface area (Å²) >= 11 is 0. The normalized spacial score (nSPS) is 18.0. The molecular formula is C18H18FeN2O2S. The predicted molar refractivity (Wildman–Crippen MR) is 91.9 cm³/mol. The van der Waals surface area contributed by atoms with Gasteiger partial charge in [0.1, 0.15) is 0 Å². The minimum atomic E-state index is -3.58. The number of rotatable bonds is 4. The Balaban J connectivity index is 0.000000412. The van der Waals surface area contributed by atoms with Gasteiger partial charge in [0.15, 0.2) is 0 Å². The summed E-state index contributed by atoms with van der Waals surface area (Å²) < 4.78 is 23.7. The van der Waals surface area contributed by atoms with Crippen molar-refractivity contribution in [1.29, 1.82) is 0 Å². The molecule has 24 heavy (non-hydrogen) atoms. The van der Waals surface area contributed by atoms with Crippen molar-refractivity contribution in [2.75, 3.05) is 0 Å². The second-order valence-corrected chi connectivity index (χ2v) is 6.51. The van der Waals surface area contributed by atoms with E-state index in [2.05, 4.69) is 9.93 Å². The first-order chi connectivity index (χ1) is 11.1. The average Bonchev–Trinajstić information content (AvgIpc) is 3.24. The van der Waals surface area contributed by atoms with Crippen LogP contribution in [0.25, 0.3) is 0 Å². The average molecular weight is 382 g/mol. The van der Waals surface area contributed by atoms with Crippen molar-refractivity contribution in [3.05, 3.63) is 93.5 Å². The predicted octanol–water partition coefficient (Wildman–Crippen LogP) is 2.68. The molecule has 6 heteroatoms. The van der Waals surface area contributed by atoms with Crippen molar-refractivity contribution in [2.45, 2.75) is 11.8 Å². The first-order valence-corrected chi connectivity index (χ1v) is 8.56. The Hall–Kier alpha value is -0.841. The van der Waals surface area contributed by atoms with Crippen LogP contribution in [0.3, 0.4) is 0 Å². The smallest absolute Gasteiger partial charge is 0.200 e. The van der Waals surface area contributed by atoms with Crippen molar-refractivity contribution >= 4 is 16.2 Å². The van der Waals surface area contributed by atoms with Crippen molar-refractivity contribution in [3.63, 3.8) is 0 Å². The van der Waals surface area contributed by atoms with Gasteiger partial charge in [-0.05, 0) is 76.8 Å². The summed E-state index contributed by atoms with van der Waals surface area (Å²) in [7, 11) is -3.58. The van der Waals surface area contributed by atoms with Crippen molar-refractivity contribution in [2.24, 2.45) is 5.10 Å². The Morgan fingerprint density at radius 2 is 1.38 bits per heavy atom. The Bertz CT molecular complexity index is 582. The number of sulfonamides is 1. The van der Waals surface area contributed by atoms with E-state index in [0.29, 0.717) is 0 Å². The largest absolute Gasteiger partial charge is 0.276 e. The van der Waals surface area contributed by atoms with Gasteiger partial charge in [0.2, 0.25) is 0 Å². The number of hydrogen-bond donors (Lipinski definition) is 1. The minimum absolute atomic E-state index is 0. The van der Waals surface area contributed by atoms with E-state index in [-0.39, 0.29) is 22.0 Å². The van der Waals surface area contributed by atoms with Crippen molar-refractivity contribution < 1.29 is 25.5 Å². The molecule has 4 nitrogen and oxygen atoms in total. The zero-order valence-electron chi connectivity index (χ0n) is 13.1. The van der Waals surface area contributed by atoms with Gasteiger partial charge in [0.05, 0.1) is 4.90 Å². The molecule has 126 valence electrons. The number of aryl methyl sites for hydroxylation is 1. The van der Waals surface area contributed by atoms with Crippen LogP contribution in [0.4, 0.5) is 0 Å². The number of nitrogens with zero attached hydrogens (tertiary/aromatic N) is 1. The van der Waals surface area contributed by atoms with Crippen LogP contribution in [0.2, 0.25) is 0 Å². The molecule has 0 heterocycles. The fourth-order valence-corrected chi connectivity index (χ4v) is 2.53. The molecule has 0 aromatic heterocycles. The van der Waals surface area contributed by atoms with Crippen LogP contribution in [0.1, 0.15) is 5.56 Å². The van der Waals surface area contributed by atoms with Gasteiger partial charge in [0, 0.05) is 29.2 Å². The van der Waals surface area contributed by atoms with Crippen LogP contribution < -0.4 is 4.83 Å². The van der Waals surface area contributed by atoms with E-state index in [1.54, 1.807) is 24.3 Å². The van der Waals surface area contributed by atoms with Gasteiger partial charge < -0.3 is 0 Å². The molecule has 0 aliphatic heterocycles. The summed E-state index contributed by atoms with van der Waals surface area (Å²) in [5, 5.41) is 3.72. The molecule has 10 radical (unpaired) electrons. The van der Waals surface area contributed by atoms with Gasteiger partial charge in [-0.3, -0.25) is 0 Å². The second kappa shape index (κ2) is 10.9. The van der Waals surface area contributed by atoms with E-state index in [1.807, 2.05) is 64.7 Å². The van der Waals surface area contributed by atoms with Gasteiger partial charge in [-0.1, -0.05) is 17.7 Å². The molecule has 0 saturated heterocycles. The third-order valence-electron chi connectivity index (χ3n) is 2.96. The maximum absolute atomic E-state index is 11.8. The summed E-state index contributed by atoms with van der Waals surface area (Å²) in [6.45, 7) is 1.90. The van der Waals surface area contributed by atoms with Crippen LogP contribution in [-0.2, 0) is 27.1 Å².